The van der Waals surface area contributed by atoms with Crippen LogP contribution in [0.3, 0.4) is 0 Å². The van der Waals surface area contributed by atoms with E-state index < -0.39 is 11.9 Å². The van der Waals surface area contributed by atoms with E-state index >= 15 is 0 Å². The van der Waals surface area contributed by atoms with Gasteiger partial charge in [0.25, 0.3) is 5.91 Å². The maximum atomic E-state index is 12.2. The average Bonchev–Trinajstić information content (AvgIpc) is 2.39. The molecule has 4 nitrogen and oxygen atoms in total. The maximum Gasteiger partial charge on any atom is 0.335 e. The van der Waals surface area contributed by atoms with E-state index in [0.717, 1.165) is 5.56 Å². The molecule has 0 saturated heterocycles. The third-order valence-electron chi connectivity index (χ3n) is 2.86. The highest BCUT2D eigenvalue weighted by atomic mass is 35.5. The summed E-state index contributed by atoms with van der Waals surface area (Å²) in [5.41, 5.74) is 1.57. The fraction of sp³-hybridized carbons (Fsp3) is 0.0667. The Labute approximate surface area is 131 Å². The third-order valence-corrected chi connectivity index (χ3v) is 3.29. The monoisotopic (exact) mass is 323 g/mol. The van der Waals surface area contributed by atoms with Crippen molar-refractivity contribution in [2.24, 2.45) is 0 Å². The van der Waals surface area contributed by atoms with Crippen LogP contribution >= 0.6 is 23.2 Å². The first-order valence-electron chi connectivity index (χ1n) is 5.98. The Morgan fingerprint density at radius 2 is 1.62 bits per heavy atom. The van der Waals surface area contributed by atoms with Crippen LogP contribution in [-0.4, -0.2) is 17.0 Å². The number of amides is 1. The van der Waals surface area contributed by atoms with Gasteiger partial charge in [0, 0.05) is 21.3 Å². The minimum atomic E-state index is -1.06. The van der Waals surface area contributed by atoms with Crippen LogP contribution in [0, 0.1) is 6.92 Å². The highest BCUT2D eigenvalue weighted by Gasteiger charge is 2.12. The van der Waals surface area contributed by atoms with Crippen molar-refractivity contribution in [2.75, 3.05) is 5.32 Å². The Morgan fingerprint density at radius 3 is 2.19 bits per heavy atom. The maximum absolute atomic E-state index is 12.2. The largest absolute Gasteiger partial charge is 0.478 e. The summed E-state index contributed by atoms with van der Waals surface area (Å²) in [6.45, 7) is 1.77. The van der Waals surface area contributed by atoms with Gasteiger partial charge in [-0.15, -0.1) is 0 Å². The summed E-state index contributed by atoms with van der Waals surface area (Å²) in [7, 11) is 0. The third kappa shape index (κ3) is 3.74. The van der Waals surface area contributed by atoms with Gasteiger partial charge in [0.1, 0.15) is 0 Å². The molecule has 0 aliphatic rings. The lowest BCUT2D eigenvalue weighted by Crippen LogP contribution is -2.13. The van der Waals surface area contributed by atoms with Gasteiger partial charge in [-0.3, -0.25) is 4.79 Å². The molecule has 21 heavy (non-hydrogen) atoms. The zero-order valence-electron chi connectivity index (χ0n) is 11.0. The summed E-state index contributed by atoms with van der Waals surface area (Å²) in [5, 5.41) is 12.3. The van der Waals surface area contributed by atoms with Crippen molar-refractivity contribution < 1.29 is 14.7 Å². The Kier molecular flexibility index (Phi) is 4.50. The second kappa shape index (κ2) is 6.16. The Balaban J connectivity index is 2.31. The number of benzene rings is 2. The Hall–Kier alpha value is -2.04. The number of nitrogens with one attached hydrogen (secondary N) is 1. The summed E-state index contributed by atoms with van der Waals surface area (Å²) in [4.78, 5) is 23.1. The summed E-state index contributed by atoms with van der Waals surface area (Å²) in [6, 6.07) is 9.00. The van der Waals surface area contributed by atoms with Crippen molar-refractivity contribution in [3.05, 3.63) is 63.1 Å². The molecule has 0 bridgehead atoms. The molecular weight excluding hydrogens is 313 g/mol. The van der Waals surface area contributed by atoms with Gasteiger partial charge in [-0.1, -0.05) is 29.3 Å². The zero-order valence-corrected chi connectivity index (χ0v) is 12.5. The van der Waals surface area contributed by atoms with Gasteiger partial charge in [0.2, 0.25) is 0 Å². The van der Waals surface area contributed by atoms with Crippen LogP contribution in [0.25, 0.3) is 0 Å². The molecule has 0 saturated carbocycles. The van der Waals surface area contributed by atoms with Gasteiger partial charge in [0.15, 0.2) is 0 Å². The van der Waals surface area contributed by atoms with Crippen molar-refractivity contribution in [1.82, 2.24) is 0 Å². The summed E-state index contributed by atoms with van der Waals surface area (Å²) >= 11 is 11.7. The van der Waals surface area contributed by atoms with Crippen molar-refractivity contribution in [3.8, 4) is 0 Å². The van der Waals surface area contributed by atoms with Gasteiger partial charge in [-0.05, 0) is 42.8 Å². The molecule has 0 aliphatic carbocycles. The SMILES string of the molecule is Cc1ccc(C(=O)O)cc1NC(=O)c1cc(Cl)cc(Cl)c1. The summed E-state index contributed by atoms with van der Waals surface area (Å²) < 4.78 is 0. The molecule has 0 spiro atoms. The molecule has 2 rings (SSSR count). The number of rotatable bonds is 3. The van der Waals surface area contributed by atoms with Gasteiger partial charge in [-0.2, -0.15) is 0 Å². The molecular formula is C15H11Cl2NO3. The second-order valence-electron chi connectivity index (χ2n) is 4.45. The van der Waals surface area contributed by atoms with E-state index in [2.05, 4.69) is 5.32 Å². The van der Waals surface area contributed by atoms with Crippen LogP contribution in [0.5, 0.6) is 0 Å². The van der Waals surface area contributed by atoms with Crippen molar-refractivity contribution in [1.29, 1.82) is 0 Å². The quantitative estimate of drug-likeness (QED) is 0.887. The van der Waals surface area contributed by atoms with Gasteiger partial charge in [-0.25, -0.2) is 4.79 Å². The lowest BCUT2D eigenvalue weighted by molar-refractivity contribution is 0.0696. The van der Waals surface area contributed by atoms with Crippen molar-refractivity contribution >= 4 is 40.8 Å². The molecule has 0 unspecified atom stereocenters. The predicted molar refractivity (Wildman–Crippen MR) is 82.6 cm³/mol. The first-order chi connectivity index (χ1) is 9.86. The average molecular weight is 324 g/mol. The van der Waals surface area contributed by atoms with E-state index in [0.29, 0.717) is 21.3 Å². The molecule has 0 aromatic heterocycles. The molecule has 108 valence electrons. The number of halogens is 2. The highest BCUT2D eigenvalue weighted by molar-refractivity contribution is 6.35. The number of carbonyl (C=O) groups is 2. The second-order valence-corrected chi connectivity index (χ2v) is 5.32. The molecule has 0 fully saturated rings. The summed E-state index contributed by atoms with van der Waals surface area (Å²) in [6.07, 6.45) is 0. The lowest BCUT2D eigenvalue weighted by Gasteiger charge is -2.10. The highest BCUT2D eigenvalue weighted by Crippen LogP contribution is 2.22. The molecule has 0 atom stereocenters. The number of anilines is 1. The van der Waals surface area contributed by atoms with E-state index in [1.165, 1.54) is 30.3 Å². The topological polar surface area (TPSA) is 66.4 Å². The van der Waals surface area contributed by atoms with Crippen molar-refractivity contribution in [3.63, 3.8) is 0 Å². The first kappa shape index (κ1) is 15.4. The van der Waals surface area contributed by atoms with Crippen LogP contribution < -0.4 is 5.32 Å². The number of hydrogen-bond donors (Lipinski definition) is 2. The fourth-order valence-corrected chi connectivity index (χ4v) is 2.30. The van der Waals surface area contributed by atoms with Crippen LogP contribution in [0.1, 0.15) is 26.3 Å². The molecule has 1 amide bonds. The van der Waals surface area contributed by atoms with Crippen molar-refractivity contribution in [2.45, 2.75) is 6.92 Å². The number of aryl methyl sites for hydroxylation is 1. The molecule has 0 radical (unpaired) electrons. The Morgan fingerprint density at radius 1 is 1.00 bits per heavy atom. The first-order valence-corrected chi connectivity index (χ1v) is 6.74. The molecule has 0 heterocycles. The van der Waals surface area contributed by atoms with Crippen LogP contribution in [0.4, 0.5) is 5.69 Å². The van der Waals surface area contributed by atoms with Gasteiger partial charge in [0.05, 0.1) is 5.56 Å². The van der Waals surface area contributed by atoms with E-state index in [1.807, 2.05) is 0 Å². The fourth-order valence-electron chi connectivity index (χ4n) is 1.77. The number of carboxylic acids is 1. The van der Waals surface area contributed by atoms with E-state index in [-0.39, 0.29) is 5.56 Å². The lowest BCUT2D eigenvalue weighted by atomic mass is 10.1. The number of carbonyl (C=O) groups excluding carboxylic acids is 1. The minimum Gasteiger partial charge on any atom is -0.478 e. The standard InChI is InChI=1S/C15H11Cl2NO3/c1-8-2-3-9(15(20)21)6-13(8)18-14(19)10-4-11(16)7-12(17)5-10/h2-7H,1H3,(H,18,19)(H,20,21). The molecule has 2 N–H and O–H groups in total. The smallest absolute Gasteiger partial charge is 0.335 e. The van der Waals surface area contributed by atoms with E-state index in [1.54, 1.807) is 13.0 Å². The number of carboxylic acid groups (broad SMARTS) is 1. The molecule has 0 aliphatic heterocycles. The molecule has 2 aromatic rings. The zero-order chi connectivity index (χ0) is 15.6. The van der Waals surface area contributed by atoms with Crippen LogP contribution in [0.2, 0.25) is 10.0 Å². The minimum absolute atomic E-state index is 0.0972. The summed E-state index contributed by atoms with van der Waals surface area (Å²) in [5.74, 6) is -1.47. The van der Waals surface area contributed by atoms with E-state index in [9.17, 15) is 9.59 Å². The normalized spacial score (nSPS) is 10.2. The predicted octanol–water partition coefficient (Wildman–Crippen LogP) is 4.25. The number of hydrogen-bond acceptors (Lipinski definition) is 2. The van der Waals surface area contributed by atoms with Gasteiger partial charge >= 0.3 is 5.97 Å². The number of aromatic carboxylic acids is 1. The Bertz CT molecular complexity index is 709. The van der Waals surface area contributed by atoms with Gasteiger partial charge < -0.3 is 10.4 Å². The van der Waals surface area contributed by atoms with Crippen LogP contribution in [0.15, 0.2) is 36.4 Å². The molecule has 6 heteroatoms. The van der Waals surface area contributed by atoms with Crippen LogP contribution in [-0.2, 0) is 0 Å². The van der Waals surface area contributed by atoms with E-state index in [4.69, 9.17) is 28.3 Å². The molecule has 2 aromatic carbocycles.